The number of rotatable bonds is 9. The molecule has 0 radical (unpaired) electrons. The summed E-state index contributed by atoms with van der Waals surface area (Å²) in [5.74, 6) is -4.24. The summed E-state index contributed by atoms with van der Waals surface area (Å²) in [5, 5.41) is 30.0. The summed E-state index contributed by atoms with van der Waals surface area (Å²) in [6.07, 6.45) is 3.54. The van der Waals surface area contributed by atoms with Crippen molar-refractivity contribution in [2.45, 2.75) is 43.5 Å². The quantitative estimate of drug-likeness (QED) is 0.147. The molecule has 37 heavy (non-hydrogen) atoms. The Labute approximate surface area is 218 Å². The van der Waals surface area contributed by atoms with E-state index in [-0.39, 0.29) is 23.1 Å². The summed E-state index contributed by atoms with van der Waals surface area (Å²) in [5.41, 5.74) is 4.00. The van der Waals surface area contributed by atoms with Gasteiger partial charge in [0.2, 0.25) is 11.5 Å². The van der Waals surface area contributed by atoms with Crippen molar-refractivity contribution in [1.82, 2.24) is 15.2 Å². The molecular formula is C22H22N6O7S2. The molecule has 194 valence electrons. The first-order valence-electron chi connectivity index (χ1n) is 10.8. The number of carboxylic acids is 2. The predicted octanol–water partition coefficient (Wildman–Crippen LogP) is -1.30. The highest BCUT2D eigenvalue weighted by Gasteiger charge is 2.55. The molecule has 2 aliphatic rings. The monoisotopic (exact) mass is 546 g/mol. The maximum atomic E-state index is 13.1. The molecule has 3 atom stereocenters. The van der Waals surface area contributed by atoms with Crippen LogP contribution < -0.4 is 20.7 Å². The first kappa shape index (κ1) is 26.1. The number of oxime groups is 1. The molecule has 13 nitrogen and oxygen atoms in total. The van der Waals surface area contributed by atoms with Gasteiger partial charge >= 0.3 is 5.97 Å². The summed E-state index contributed by atoms with van der Waals surface area (Å²) in [4.78, 5) is 59.7. The minimum atomic E-state index is -1.75. The molecule has 1 unspecified atom stereocenters. The number of amides is 2. The van der Waals surface area contributed by atoms with Crippen LogP contribution in [0.3, 0.4) is 0 Å². The maximum absolute atomic E-state index is 13.1. The molecule has 4 N–H and O–H groups in total. The number of anilines is 1. The maximum Gasteiger partial charge on any atom is 0.350 e. The lowest BCUT2D eigenvalue weighted by Gasteiger charge is -2.52. The Morgan fingerprint density at radius 1 is 1.32 bits per heavy atom. The van der Waals surface area contributed by atoms with Gasteiger partial charge in [0.15, 0.2) is 29.8 Å². The predicted molar refractivity (Wildman–Crippen MR) is 130 cm³/mol. The summed E-state index contributed by atoms with van der Waals surface area (Å²) in [6, 6.07) is 3.04. The van der Waals surface area contributed by atoms with E-state index in [1.165, 1.54) is 31.0 Å². The number of fused-ring (bicyclic) bond motifs is 1. The lowest BCUT2D eigenvalue weighted by molar-refractivity contribution is -0.689. The zero-order chi connectivity index (χ0) is 26.9. The first-order valence-corrected chi connectivity index (χ1v) is 12.6. The number of carboxylic acid groups (broad SMARTS) is 2. The van der Waals surface area contributed by atoms with Crippen molar-refractivity contribution in [3.8, 4) is 0 Å². The highest BCUT2D eigenvalue weighted by atomic mass is 32.2. The van der Waals surface area contributed by atoms with Gasteiger partial charge in [-0.05, 0) is 19.3 Å². The third-order valence-corrected chi connectivity index (χ3v) is 7.47. The van der Waals surface area contributed by atoms with Gasteiger partial charge in [-0.2, -0.15) is 0 Å². The number of nitrogens with two attached hydrogens (primary N) is 1. The number of hydrogen-bond donors (Lipinski definition) is 3. The van der Waals surface area contributed by atoms with Gasteiger partial charge in [-0.3, -0.25) is 9.59 Å². The fraction of sp³-hybridized carbons (Fsp3) is 0.318. The van der Waals surface area contributed by atoms with Crippen LogP contribution in [-0.2, 0) is 30.6 Å². The second-order valence-corrected chi connectivity index (χ2v) is 10.5. The van der Waals surface area contributed by atoms with E-state index in [0.717, 1.165) is 16.2 Å². The van der Waals surface area contributed by atoms with Gasteiger partial charge in [0.1, 0.15) is 23.2 Å². The molecule has 2 aromatic rings. The Bertz CT molecular complexity index is 1310. The van der Waals surface area contributed by atoms with E-state index in [9.17, 15) is 29.4 Å². The van der Waals surface area contributed by atoms with Gasteiger partial charge in [0, 0.05) is 23.1 Å². The van der Waals surface area contributed by atoms with Crippen LogP contribution in [0.5, 0.6) is 0 Å². The molecule has 2 aliphatic heterocycles. The van der Waals surface area contributed by atoms with E-state index in [4.69, 9.17) is 10.6 Å². The average Bonchev–Trinajstić information content (AvgIpc) is 3.28. The highest BCUT2D eigenvalue weighted by molar-refractivity contribution is 8.02. The van der Waals surface area contributed by atoms with Crippen molar-refractivity contribution in [2.75, 3.05) is 5.73 Å². The minimum absolute atomic E-state index is 0.0239. The van der Waals surface area contributed by atoms with Crippen molar-refractivity contribution in [3.05, 3.63) is 52.6 Å². The molecule has 2 amide bonds. The zero-order valence-corrected chi connectivity index (χ0v) is 21.2. The highest BCUT2D eigenvalue weighted by Crippen LogP contribution is 2.40. The second kappa shape index (κ2) is 10.2. The molecule has 0 aliphatic carbocycles. The molecule has 0 spiro atoms. The molecule has 4 heterocycles. The number of hydrogen-bond acceptors (Lipinski definition) is 11. The van der Waals surface area contributed by atoms with Crippen LogP contribution in [0.1, 0.15) is 19.5 Å². The van der Waals surface area contributed by atoms with Gasteiger partial charge < -0.3 is 35.8 Å². The Morgan fingerprint density at radius 2 is 2.03 bits per heavy atom. The third kappa shape index (κ3) is 5.27. The number of carbonyl (C=O) groups is 4. The molecule has 0 bridgehead atoms. The van der Waals surface area contributed by atoms with Crippen molar-refractivity contribution in [2.24, 2.45) is 5.16 Å². The van der Waals surface area contributed by atoms with Crippen LogP contribution in [0, 0.1) is 0 Å². The summed E-state index contributed by atoms with van der Waals surface area (Å²) in [7, 11) is 0. The SMILES string of the molecule is CC(C)(ON=C(C(=O)N[C@@H]1C(=O)N2C(C(=O)[O-])C(C[n+]3ccccc3)=CS[C@H]12)c1csc(N)n1)C(=O)O. The normalized spacial score (nSPS) is 21.4. The lowest BCUT2D eigenvalue weighted by atomic mass is 9.97. The lowest BCUT2D eigenvalue weighted by Crippen LogP contribution is -2.75. The molecule has 1 fully saturated rings. The number of nitrogens with one attached hydrogen (secondary N) is 1. The van der Waals surface area contributed by atoms with Crippen LogP contribution in [0.15, 0.2) is 52.1 Å². The minimum Gasteiger partial charge on any atom is -0.548 e. The van der Waals surface area contributed by atoms with Crippen LogP contribution in [0.2, 0.25) is 0 Å². The van der Waals surface area contributed by atoms with E-state index >= 15 is 0 Å². The van der Waals surface area contributed by atoms with Gasteiger partial charge in [0.25, 0.3) is 5.91 Å². The number of thiazole rings is 1. The third-order valence-electron chi connectivity index (χ3n) is 5.58. The standard InChI is InChI=1S/C22H22N6O7S2/c1-22(2,20(33)34)35-26-13(12-10-37-21(23)24-12)16(29)25-14-17(30)28-15(19(31)32)11(9-36-18(14)28)8-27-6-4-3-5-7-27/h3-7,9-10,14-15,18H,8H2,1-2H3,(H4-,23,24,25,29,31,32,33,34)/t14-,15?,18-/m1/s1. The average molecular weight is 547 g/mol. The van der Waals surface area contributed by atoms with Gasteiger partial charge in [-0.25, -0.2) is 14.3 Å². The Morgan fingerprint density at radius 3 is 2.62 bits per heavy atom. The Balaban J connectivity index is 1.54. The van der Waals surface area contributed by atoms with E-state index in [1.54, 1.807) is 34.5 Å². The van der Waals surface area contributed by atoms with Crippen LogP contribution in [0.25, 0.3) is 0 Å². The summed E-state index contributed by atoms with van der Waals surface area (Å²) >= 11 is 2.21. The number of nitrogens with zero attached hydrogens (tertiary/aromatic N) is 4. The van der Waals surface area contributed by atoms with Crippen molar-refractivity contribution in [3.63, 3.8) is 0 Å². The van der Waals surface area contributed by atoms with E-state index in [1.807, 2.05) is 6.07 Å². The molecule has 0 aromatic carbocycles. The Hall–Kier alpha value is -3.98. The largest absolute Gasteiger partial charge is 0.548 e. The first-order chi connectivity index (χ1) is 17.5. The second-order valence-electron chi connectivity index (χ2n) is 8.60. The number of pyridine rings is 1. The van der Waals surface area contributed by atoms with Gasteiger partial charge in [0.05, 0.1) is 5.97 Å². The van der Waals surface area contributed by atoms with Crippen LogP contribution in [-0.4, -0.2) is 67.5 Å². The number of nitrogen functional groups attached to an aromatic ring is 1. The zero-order valence-electron chi connectivity index (χ0n) is 19.6. The number of aliphatic carboxylic acids is 2. The van der Waals surface area contributed by atoms with Crippen LogP contribution in [0.4, 0.5) is 5.13 Å². The van der Waals surface area contributed by atoms with Gasteiger partial charge in [-0.1, -0.05) is 11.2 Å². The topological polar surface area (TPSA) is 191 Å². The number of carbonyl (C=O) groups excluding carboxylic acids is 3. The van der Waals surface area contributed by atoms with Crippen molar-refractivity contribution < 1.29 is 38.8 Å². The fourth-order valence-corrected chi connectivity index (χ4v) is 5.35. The van der Waals surface area contributed by atoms with Crippen molar-refractivity contribution in [1.29, 1.82) is 0 Å². The smallest absolute Gasteiger partial charge is 0.350 e. The number of aromatic nitrogens is 2. The van der Waals surface area contributed by atoms with E-state index < -0.39 is 46.8 Å². The molecule has 2 aromatic heterocycles. The number of thioether (sulfide) groups is 1. The molecule has 4 rings (SSSR count). The molecule has 1 saturated heterocycles. The molecular weight excluding hydrogens is 524 g/mol. The molecule has 0 saturated carbocycles. The van der Waals surface area contributed by atoms with Crippen LogP contribution >= 0.6 is 23.1 Å². The van der Waals surface area contributed by atoms with Crippen molar-refractivity contribution >= 4 is 57.7 Å². The summed E-state index contributed by atoms with van der Waals surface area (Å²) in [6.45, 7) is 2.72. The Kier molecular flexibility index (Phi) is 7.18. The molecule has 15 heteroatoms. The van der Waals surface area contributed by atoms with Gasteiger partial charge in [-0.15, -0.1) is 23.1 Å². The van der Waals surface area contributed by atoms with E-state index in [2.05, 4.69) is 15.5 Å². The van der Waals surface area contributed by atoms with E-state index in [0.29, 0.717) is 5.57 Å². The summed E-state index contributed by atoms with van der Waals surface area (Å²) < 4.78 is 1.77. The fourth-order valence-electron chi connectivity index (χ4n) is 3.59. The number of β-lactam (4-membered cyclic amide) rings is 1.